The average molecular weight is 760 g/mol. The molecule has 4 heterocycles. The van der Waals surface area contributed by atoms with Gasteiger partial charge in [-0.2, -0.15) is 0 Å². The zero-order valence-corrected chi connectivity index (χ0v) is 32.1. The van der Waals surface area contributed by atoms with E-state index in [1.54, 1.807) is 0 Å². The standard InChI is InChI=1S/C52H33N5O2/c1-52(2)38-23-11-9-19-33(38)34-28-27-32(29-39(34)52)45-47-46(35-20-10-12-24-40(35)59-47)54-50(53-45)36-21-13-25-41-43(36)44-37(22-14-26-42(44)58-41)51-56-48(30-15-5-3-6-16-30)55-49(57-51)31-17-7-4-8-18-31/h3-29H,1-2H3. The van der Waals surface area contributed by atoms with Crippen LogP contribution in [0.1, 0.15) is 25.0 Å². The Morgan fingerprint density at radius 2 is 0.932 bits per heavy atom. The fourth-order valence-corrected chi connectivity index (χ4v) is 8.93. The van der Waals surface area contributed by atoms with Crippen LogP contribution in [0.5, 0.6) is 0 Å². The van der Waals surface area contributed by atoms with Crippen molar-refractivity contribution >= 4 is 44.0 Å². The third-order valence-electron chi connectivity index (χ3n) is 11.8. The molecule has 12 rings (SSSR count). The SMILES string of the molecule is CC1(C)c2ccccc2-c2ccc(-c3nc(-c4cccc5oc6cccc(-c7nc(-c8ccccc8)nc(-c8ccccc8)n7)c6c45)nc4c3oc3ccccc34)cc21. The molecule has 1 aliphatic carbocycles. The molecule has 0 aliphatic heterocycles. The molecule has 0 saturated carbocycles. The Balaban J connectivity index is 1.11. The molecule has 4 aromatic heterocycles. The second-order valence-electron chi connectivity index (χ2n) is 15.6. The van der Waals surface area contributed by atoms with Crippen LogP contribution in [0, 0.1) is 0 Å². The Kier molecular flexibility index (Phi) is 7.14. The molecule has 11 aromatic rings. The third-order valence-corrected chi connectivity index (χ3v) is 11.8. The van der Waals surface area contributed by atoms with E-state index in [1.807, 2.05) is 103 Å². The summed E-state index contributed by atoms with van der Waals surface area (Å²) in [7, 11) is 0. The van der Waals surface area contributed by atoms with Crippen molar-refractivity contribution in [3.8, 4) is 67.9 Å². The Bertz CT molecular complexity index is 3420. The Morgan fingerprint density at radius 3 is 1.63 bits per heavy atom. The second-order valence-corrected chi connectivity index (χ2v) is 15.6. The minimum absolute atomic E-state index is 0.182. The maximum Gasteiger partial charge on any atom is 0.180 e. The number of hydrogen-bond donors (Lipinski definition) is 0. The molecule has 278 valence electrons. The van der Waals surface area contributed by atoms with Crippen molar-refractivity contribution in [3.05, 3.63) is 175 Å². The number of furan rings is 2. The summed E-state index contributed by atoms with van der Waals surface area (Å²) >= 11 is 0. The van der Waals surface area contributed by atoms with Gasteiger partial charge in [0.15, 0.2) is 28.9 Å². The molecule has 0 fully saturated rings. The molecule has 7 heteroatoms. The van der Waals surface area contributed by atoms with Crippen LogP contribution in [0.25, 0.3) is 112 Å². The number of benzene rings is 7. The smallest absolute Gasteiger partial charge is 0.180 e. The first-order valence-corrected chi connectivity index (χ1v) is 19.8. The molecule has 0 radical (unpaired) electrons. The molecule has 0 spiro atoms. The van der Waals surface area contributed by atoms with Crippen molar-refractivity contribution in [2.45, 2.75) is 19.3 Å². The van der Waals surface area contributed by atoms with Gasteiger partial charge in [-0.1, -0.05) is 147 Å². The van der Waals surface area contributed by atoms with Gasteiger partial charge in [0, 0.05) is 49.4 Å². The third kappa shape index (κ3) is 5.11. The van der Waals surface area contributed by atoms with Crippen LogP contribution < -0.4 is 0 Å². The van der Waals surface area contributed by atoms with E-state index in [0.29, 0.717) is 40.0 Å². The van der Waals surface area contributed by atoms with Crippen molar-refractivity contribution in [1.82, 2.24) is 24.9 Å². The normalized spacial score (nSPS) is 13.1. The van der Waals surface area contributed by atoms with Crippen LogP contribution in [0.4, 0.5) is 0 Å². The minimum atomic E-state index is -0.182. The van der Waals surface area contributed by atoms with Gasteiger partial charge in [0.25, 0.3) is 0 Å². The fourth-order valence-electron chi connectivity index (χ4n) is 8.93. The van der Waals surface area contributed by atoms with Gasteiger partial charge in [-0.25, -0.2) is 24.9 Å². The van der Waals surface area contributed by atoms with E-state index in [-0.39, 0.29) is 5.41 Å². The first-order chi connectivity index (χ1) is 29.0. The average Bonchev–Trinajstić information content (AvgIpc) is 3.94. The van der Waals surface area contributed by atoms with Crippen LogP contribution in [0.2, 0.25) is 0 Å². The van der Waals surface area contributed by atoms with Crippen molar-refractivity contribution in [3.63, 3.8) is 0 Å². The largest absolute Gasteiger partial charge is 0.456 e. The molecular formula is C52H33N5O2. The molecule has 0 amide bonds. The number of aromatic nitrogens is 5. The monoisotopic (exact) mass is 759 g/mol. The van der Waals surface area contributed by atoms with E-state index >= 15 is 0 Å². The van der Waals surface area contributed by atoms with Gasteiger partial charge < -0.3 is 8.83 Å². The second kappa shape index (κ2) is 12.6. The molecule has 7 nitrogen and oxygen atoms in total. The molecule has 7 aromatic carbocycles. The summed E-state index contributed by atoms with van der Waals surface area (Å²) in [5.74, 6) is 2.28. The van der Waals surface area contributed by atoms with E-state index in [2.05, 4.69) is 74.5 Å². The van der Waals surface area contributed by atoms with Gasteiger partial charge in [-0.3, -0.25) is 0 Å². The summed E-state index contributed by atoms with van der Waals surface area (Å²) < 4.78 is 13.2. The molecule has 0 unspecified atom stereocenters. The highest BCUT2D eigenvalue weighted by molar-refractivity contribution is 6.17. The van der Waals surface area contributed by atoms with Crippen molar-refractivity contribution < 1.29 is 8.83 Å². The number of nitrogens with zero attached hydrogens (tertiary/aromatic N) is 5. The van der Waals surface area contributed by atoms with Gasteiger partial charge >= 0.3 is 0 Å². The van der Waals surface area contributed by atoms with E-state index < -0.39 is 0 Å². The molecular weight excluding hydrogens is 727 g/mol. The first kappa shape index (κ1) is 33.4. The molecule has 0 atom stereocenters. The predicted molar refractivity (Wildman–Crippen MR) is 235 cm³/mol. The highest BCUT2D eigenvalue weighted by atomic mass is 16.3. The predicted octanol–water partition coefficient (Wildman–Crippen LogP) is 13.1. The van der Waals surface area contributed by atoms with Gasteiger partial charge in [-0.15, -0.1) is 0 Å². The number of hydrogen-bond acceptors (Lipinski definition) is 7. The first-order valence-electron chi connectivity index (χ1n) is 19.8. The Labute approximate surface area is 338 Å². The molecule has 59 heavy (non-hydrogen) atoms. The van der Waals surface area contributed by atoms with Crippen LogP contribution in [0.15, 0.2) is 173 Å². The fraction of sp³-hybridized carbons (Fsp3) is 0.0577. The van der Waals surface area contributed by atoms with Gasteiger partial charge in [0.2, 0.25) is 0 Å². The van der Waals surface area contributed by atoms with Crippen LogP contribution in [-0.4, -0.2) is 24.9 Å². The van der Waals surface area contributed by atoms with E-state index in [0.717, 1.165) is 60.8 Å². The summed E-state index contributed by atoms with van der Waals surface area (Å²) in [4.78, 5) is 25.9. The van der Waals surface area contributed by atoms with Crippen LogP contribution in [0.3, 0.4) is 0 Å². The maximum absolute atomic E-state index is 6.62. The zero-order valence-electron chi connectivity index (χ0n) is 32.1. The zero-order chi connectivity index (χ0) is 39.2. The minimum Gasteiger partial charge on any atom is -0.456 e. The summed E-state index contributed by atoms with van der Waals surface area (Å²) in [5.41, 5.74) is 13.7. The van der Waals surface area contributed by atoms with Crippen molar-refractivity contribution in [1.29, 1.82) is 0 Å². The highest BCUT2D eigenvalue weighted by Crippen LogP contribution is 2.50. The van der Waals surface area contributed by atoms with Crippen molar-refractivity contribution in [2.75, 3.05) is 0 Å². The lowest BCUT2D eigenvalue weighted by Crippen LogP contribution is -2.14. The molecule has 0 N–H and O–H groups in total. The van der Waals surface area contributed by atoms with Crippen molar-refractivity contribution in [2.24, 2.45) is 0 Å². The van der Waals surface area contributed by atoms with Gasteiger partial charge in [0.1, 0.15) is 28.0 Å². The highest BCUT2D eigenvalue weighted by Gasteiger charge is 2.35. The van der Waals surface area contributed by atoms with E-state index in [4.69, 9.17) is 33.8 Å². The summed E-state index contributed by atoms with van der Waals surface area (Å²) in [6, 6.07) is 55.6. The Morgan fingerprint density at radius 1 is 0.390 bits per heavy atom. The van der Waals surface area contributed by atoms with Crippen LogP contribution >= 0.6 is 0 Å². The summed E-state index contributed by atoms with van der Waals surface area (Å²) in [6.45, 7) is 4.59. The Hall–Kier alpha value is -7.77. The van der Waals surface area contributed by atoms with E-state index in [1.165, 1.54) is 22.3 Å². The maximum atomic E-state index is 6.62. The lowest BCUT2D eigenvalue weighted by atomic mass is 9.82. The summed E-state index contributed by atoms with van der Waals surface area (Å²) in [6.07, 6.45) is 0. The molecule has 1 aliphatic rings. The lowest BCUT2D eigenvalue weighted by Gasteiger charge is -2.21. The number of rotatable bonds is 5. The number of fused-ring (bicyclic) bond motifs is 9. The topological polar surface area (TPSA) is 90.7 Å². The van der Waals surface area contributed by atoms with Gasteiger partial charge in [-0.05, 0) is 52.6 Å². The molecule has 0 saturated heterocycles. The number of para-hydroxylation sites is 1. The quantitative estimate of drug-likeness (QED) is 0.172. The molecule has 0 bridgehead atoms. The van der Waals surface area contributed by atoms with E-state index in [9.17, 15) is 0 Å². The van der Waals surface area contributed by atoms with Crippen LogP contribution in [-0.2, 0) is 5.41 Å². The van der Waals surface area contributed by atoms with Gasteiger partial charge in [0.05, 0.1) is 0 Å². The lowest BCUT2D eigenvalue weighted by molar-refractivity contribution is 0.659. The summed E-state index contributed by atoms with van der Waals surface area (Å²) in [5, 5.41) is 2.68.